The second kappa shape index (κ2) is 9.76. The average Bonchev–Trinajstić information content (AvgIpc) is 2.86. The van der Waals surface area contributed by atoms with E-state index in [4.69, 9.17) is 4.74 Å². The van der Waals surface area contributed by atoms with E-state index in [2.05, 4.69) is 24.2 Å². The number of rotatable bonds is 10. The Morgan fingerprint density at radius 3 is 2.72 bits per heavy atom. The van der Waals surface area contributed by atoms with Gasteiger partial charge in [-0.25, -0.2) is 0 Å². The Morgan fingerprint density at radius 1 is 1.33 bits per heavy atom. The molecule has 1 saturated carbocycles. The molecule has 0 heterocycles. The Hall–Kier alpha value is -0.120. The van der Waals surface area contributed by atoms with E-state index in [9.17, 15) is 0 Å². The average molecular weight is 256 g/mol. The molecule has 1 fully saturated rings. The third kappa shape index (κ3) is 6.72. The third-order valence-corrected chi connectivity index (χ3v) is 4.06. The van der Waals surface area contributed by atoms with Crippen LogP contribution in [0.3, 0.4) is 0 Å². The lowest BCUT2D eigenvalue weighted by atomic mass is 10.1. The Labute approximate surface area is 113 Å². The molecule has 3 heteroatoms. The Morgan fingerprint density at radius 2 is 2.06 bits per heavy atom. The van der Waals surface area contributed by atoms with E-state index in [0.29, 0.717) is 6.04 Å². The van der Waals surface area contributed by atoms with Crippen molar-refractivity contribution in [1.29, 1.82) is 0 Å². The van der Waals surface area contributed by atoms with E-state index in [1.54, 1.807) is 0 Å². The van der Waals surface area contributed by atoms with Crippen molar-refractivity contribution in [2.75, 3.05) is 39.9 Å². The largest absolute Gasteiger partial charge is 0.382 e. The first-order valence-corrected chi connectivity index (χ1v) is 7.72. The molecule has 1 atom stereocenters. The fourth-order valence-corrected chi connectivity index (χ4v) is 2.69. The molecule has 0 aromatic heterocycles. The zero-order chi connectivity index (χ0) is 13.2. The van der Waals surface area contributed by atoms with E-state index >= 15 is 0 Å². The second-order valence-electron chi connectivity index (χ2n) is 5.69. The van der Waals surface area contributed by atoms with Crippen molar-refractivity contribution in [3.63, 3.8) is 0 Å². The van der Waals surface area contributed by atoms with Gasteiger partial charge in [0.15, 0.2) is 0 Å². The van der Waals surface area contributed by atoms with Crippen LogP contribution in [0.1, 0.15) is 46.0 Å². The van der Waals surface area contributed by atoms with Gasteiger partial charge in [-0.2, -0.15) is 0 Å². The molecule has 108 valence electrons. The second-order valence-corrected chi connectivity index (χ2v) is 5.69. The first-order valence-electron chi connectivity index (χ1n) is 7.72. The van der Waals surface area contributed by atoms with Gasteiger partial charge in [-0.1, -0.05) is 12.8 Å². The van der Waals surface area contributed by atoms with Gasteiger partial charge >= 0.3 is 0 Å². The molecule has 0 saturated heterocycles. The van der Waals surface area contributed by atoms with Gasteiger partial charge in [0.2, 0.25) is 0 Å². The number of hydrogen-bond donors (Lipinski definition) is 1. The SMILES string of the molecule is CCOCCCNCC(C)N(C)CC1CCCC1. The lowest BCUT2D eigenvalue weighted by Crippen LogP contribution is -2.40. The molecule has 0 aromatic rings. The summed E-state index contributed by atoms with van der Waals surface area (Å²) in [6.45, 7) is 9.53. The molecule has 0 spiro atoms. The highest BCUT2D eigenvalue weighted by atomic mass is 16.5. The van der Waals surface area contributed by atoms with Crippen molar-refractivity contribution < 1.29 is 4.74 Å². The maximum atomic E-state index is 5.33. The quantitative estimate of drug-likeness (QED) is 0.608. The molecule has 1 unspecified atom stereocenters. The summed E-state index contributed by atoms with van der Waals surface area (Å²) in [6.07, 6.45) is 6.90. The minimum atomic E-state index is 0.637. The van der Waals surface area contributed by atoms with E-state index in [1.807, 2.05) is 6.92 Å². The molecular formula is C15H32N2O. The van der Waals surface area contributed by atoms with Crippen LogP contribution in [-0.4, -0.2) is 50.8 Å². The van der Waals surface area contributed by atoms with Crippen molar-refractivity contribution in [3.8, 4) is 0 Å². The fourth-order valence-electron chi connectivity index (χ4n) is 2.69. The van der Waals surface area contributed by atoms with Crippen LogP contribution >= 0.6 is 0 Å². The maximum Gasteiger partial charge on any atom is 0.0477 e. The smallest absolute Gasteiger partial charge is 0.0477 e. The van der Waals surface area contributed by atoms with Crippen LogP contribution in [-0.2, 0) is 4.74 Å². The number of hydrogen-bond acceptors (Lipinski definition) is 3. The Kier molecular flexibility index (Phi) is 8.64. The minimum Gasteiger partial charge on any atom is -0.382 e. The van der Waals surface area contributed by atoms with Gasteiger partial charge < -0.3 is 15.0 Å². The van der Waals surface area contributed by atoms with Crippen LogP contribution < -0.4 is 5.32 Å². The number of likely N-dealkylation sites (N-methyl/N-ethyl adjacent to an activating group) is 1. The van der Waals surface area contributed by atoms with Crippen LogP contribution in [0, 0.1) is 5.92 Å². The first kappa shape index (κ1) is 15.9. The molecule has 0 amide bonds. The van der Waals surface area contributed by atoms with E-state index in [-0.39, 0.29) is 0 Å². The number of nitrogens with one attached hydrogen (secondary N) is 1. The first-order chi connectivity index (χ1) is 8.74. The van der Waals surface area contributed by atoms with Crippen LogP contribution in [0.2, 0.25) is 0 Å². The molecule has 3 nitrogen and oxygen atoms in total. The maximum absolute atomic E-state index is 5.33. The van der Waals surface area contributed by atoms with Crippen LogP contribution in [0.25, 0.3) is 0 Å². The van der Waals surface area contributed by atoms with Crippen molar-refractivity contribution in [3.05, 3.63) is 0 Å². The van der Waals surface area contributed by atoms with Crippen LogP contribution in [0.5, 0.6) is 0 Å². The molecule has 0 aromatic carbocycles. The standard InChI is InChI=1S/C15H32N2O/c1-4-18-11-7-10-16-12-14(2)17(3)13-15-8-5-6-9-15/h14-16H,4-13H2,1-3H3. The van der Waals surface area contributed by atoms with E-state index in [0.717, 1.165) is 38.6 Å². The summed E-state index contributed by atoms with van der Waals surface area (Å²) in [4.78, 5) is 2.52. The summed E-state index contributed by atoms with van der Waals surface area (Å²) in [5, 5.41) is 3.53. The lowest BCUT2D eigenvalue weighted by Gasteiger charge is -2.27. The summed E-state index contributed by atoms with van der Waals surface area (Å²) in [6, 6.07) is 0.637. The summed E-state index contributed by atoms with van der Waals surface area (Å²) < 4.78 is 5.33. The Balaban J connectivity index is 1.98. The molecule has 1 aliphatic carbocycles. The van der Waals surface area contributed by atoms with Gasteiger partial charge in [0.05, 0.1) is 0 Å². The predicted octanol–water partition coefficient (Wildman–Crippen LogP) is 2.51. The van der Waals surface area contributed by atoms with Crippen molar-refractivity contribution >= 4 is 0 Å². The van der Waals surface area contributed by atoms with E-state index in [1.165, 1.54) is 32.2 Å². The van der Waals surface area contributed by atoms with Gasteiger partial charge in [-0.3, -0.25) is 0 Å². The fraction of sp³-hybridized carbons (Fsp3) is 1.00. The monoisotopic (exact) mass is 256 g/mol. The summed E-state index contributed by atoms with van der Waals surface area (Å²) in [5.41, 5.74) is 0. The Bertz CT molecular complexity index is 193. The summed E-state index contributed by atoms with van der Waals surface area (Å²) >= 11 is 0. The van der Waals surface area contributed by atoms with Crippen molar-refractivity contribution in [1.82, 2.24) is 10.2 Å². The number of nitrogens with zero attached hydrogens (tertiary/aromatic N) is 1. The third-order valence-electron chi connectivity index (χ3n) is 4.06. The van der Waals surface area contributed by atoms with Gasteiger partial charge in [0.1, 0.15) is 0 Å². The molecular weight excluding hydrogens is 224 g/mol. The molecule has 0 bridgehead atoms. The normalized spacial score (nSPS) is 18.7. The number of ether oxygens (including phenoxy) is 1. The topological polar surface area (TPSA) is 24.5 Å². The van der Waals surface area contributed by atoms with Crippen molar-refractivity contribution in [2.45, 2.75) is 52.0 Å². The van der Waals surface area contributed by atoms with E-state index < -0.39 is 0 Å². The zero-order valence-electron chi connectivity index (χ0n) is 12.6. The molecule has 0 aliphatic heterocycles. The van der Waals surface area contributed by atoms with Gasteiger partial charge in [-0.15, -0.1) is 0 Å². The lowest BCUT2D eigenvalue weighted by molar-refractivity contribution is 0.143. The van der Waals surface area contributed by atoms with Gasteiger partial charge in [0.25, 0.3) is 0 Å². The highest BCUT2D eigenvalue weighted by Crippen LogP contribution is 2.25. The molecule has 1 aliphatic rings. The van der Waals surface area contributed by atoms with Gasteiger partial charge in [0, 0.05) is 32.3 Å². The molecule has 18 heavy (non-hydrogen) atoms. The highest BCUT2D eigenvalue weighted by Gasteiger charge is 2.18. The predicted molar refractivity (Wildman–Crippen MR) is 78.0 cm³/mol. The van der Waals surface area contributed by atoms with Crippen LogP contribution in [0.15, 0.2) is 0 Å². The highest BCUT2D eigenvalue weighted by molar-refractivity contribution is 4.74. The zero-order valence-corrected chi connectivity index (χ0v) is 12.6. The molecule has 0 radical (unpaired) electrons. The van der Waals surface area contributed by atoms with Gasteiger partial charge in [-0.05, 0) is 52.6 Å². The molecule has 1 rings (SSSR count). The van der Waals surface area contributed by atoms with Crippen LogP contribution in [0.4, 0.5) is 0 Å². The van der Waals surface area contributed by atoms with Crippen molar-refractivity contribution in [2.24, 2.45) is 5.92 Å². The molecule has 1 N–H and O–H groups in total. The summed E-state index contributed by atoms with van der Waals surface area (Å²) in [5.74, 6) is 0.954. The minimum absolute atomic E-state index is 0.637. The summed E-state index contributed by atoms with van der Waals surface area (Å²) in [7, 11) is 2.27.